The molecule has 7 nitrogen and oxygen atoms in total. The minimum absolute atomic E-state index is 0.176. The number of hydrogen-bond acceptors (Lipinski definition) is 4. The molecule has 3 aromatic rings. The molecule has 1 aromatic carbocycles. The smallest absolute Gasteiger partial charge is 0.229 e. The summed E-state index contributed by atoms with van der Waals surface area (Å²) in [6.07, 6.45) is 1.12. The fourth-order valence-electron chi connectivity index (χ4n) is 2.67. The molecule has 0 fully saturated rings. The van der Waals surface area contributed by atoms with Gasteiger partial charge in [0.1, 0.15) is 5.02 Å². The molecule has 0 spiro atoms. The van der Waals surface area contributed by atoms with E-state index >= 15 is 0 Å². The molecule has 2 heterocycles. The van der Waals surface area contributed by atoms with Gasteiger partial charge in [-0.2, -0.15) is 0 Å². The second kappa shape index (κ2) is 5.74. The van der Waals surface area contributed by atoms with Crippen LogP contribution in [0.25, 0.3) is 17.0 Å². The van der Waals surface area contributed by atoms with Crippen molar-refractivity contribution in [2.45, 2.75) is 33.1 Å². The molecule has 0 aliphatic heterocycles. The average molecular weight is 382 g/mol. The summed E-state index contributed by atoms with van der Waals surface area (Å²) in [5.41, 5.74) is 3.34. The summed E-state index contributed by atoms with van der Waals surface area (Å²) in [6.45, 7) is 8.05. The molecular weight excluding hydrogens is 362 g/mol. The predicted molar refractivity (Wildman–Crippen MR) is 99.7 cm³/mol. The number of rotatable bonds is 3. The molecule has 9 heteroatoms. The van der Waals surface area contributed by atoms with E-state index in [4.69, 9.17) is 11.6 Å². The molecule has 0 aliphatic carbocycles. The van der Waals surface area contributed by atoms with Gasteiger partial charge >= 0.3 is 0 Å². The third-order valence-corrected chi connectivity index (χ3v) is 4.66. The third kappa shape index (κ3) is 3.50. The van der Waals surface area contributed by atoms with Crippen LogP contribution >= 0.6 is 11.6 Å². The lowest BCUT2D eigenvalue weighted by Crippen LogP contribution is -2.13. The molecule has 0 saturated carbocycles. The topological polar surface area (TPSA) is 92.2 Å². The minimum Gasteiger partial charge on any atom is -0.293 e. The van der Waals surface area contributed by atoms with E-state index in [1.54, 1.807) is 16.6 Å². The molecule has 0 saturated heterocycles. The standard InChI is InChI=1S/C16H20ClN5O2S/c1-9-6-10(8-11(7-9)21-25(5,23)24)14-18-19-15-12(17)13(16(2,3)4)20-22(14)15/h6-8,20-21H,1-5H3. The molecule has 25 heavy (non-hydrogen) atoms. The van der Waals surface area contributed by atoms with E-state index in [2.05, 4.69) is 40.8 Å². The zero-order chi connectivity index (χ0) is 18.6. The molecule has 0 bridgehead atoms. The van der Waals surface area contributed by atoms with Gasteiger partial charge in [-0.05, 0) is 30.7 Å². The van der Waals surface area contributed by atoms with E-state index < -0.39 is 10.0 Å². The summed E-state index contributed by atoms with van der Waals surface area (Å²) in [6, 6.07) is 5.39. The lowest BCUT2D eigenvalue weighted by atomic mass is 9.92. The average Bonchev–Trinajstić information content (AvgIpc) is 2.96. The first-order valence-corrected chi connectivity index (χ1v) is 9.95. The summed E-state index contributed by atoms with van der Waals surface area (Å²) in [5, 5.41) is 12.2. The first-order valence-electron chi connectivity index (χ1n) is 7.68. The van der Waals surface area contributed by atoms with Crippen LogP contribution in [0.3, 0.4) is 0 Å². The summed E-state index contributed by atoms with van der Waals surface area (Å²) in [7, 11) is -3.37. The Morgan fingerprint density at radius 3 is 2.48 bits per heavy atom. The number of halogens is 1. The van der Waals surface area contributed by atoms with Crippen LogP contribution in [0.5, 0.6) is 0 Å². The van der Waals surface area contributed by atoms with E-state index in [9.17, 15) is 8.42 Å². The van der Waals surface area contributed by atoms with Crippen molar-refractivity contribution in [3.63, 3.8) is 0 Å². The molecule has 2 N–H and O–H groups in total. The van der Waals surface area contributed by atoms with Crippen LogP contribution < -0.4 is 4.72 Å². The van der Waals surface area contributed by atoms with Gasteiger partial charge in [0.2, 0.25) is 10.0 Å². The van der Waals surface area contributed by atoms with Gasteiger partial charge in [0.15, 0.2) is 11.5 Å². The number of H-pyrrole nitrogens is 1. The maximum Gasteiger partial charge on any atom is 0.229 e. The molecule has 0 unspecified atom stereocenters. The number of anilines is 1. The van der Waals surface area contributed by atoms with Crippen molar-refractivity contribution in [1.29, 1.82) is 0 Å². The Morgan fingerprint density at radius 2 is 1.88 bits per heavy atom. The molecular formula is C16H20ClN5O2S. The predicted octanol–water partition coefficient (Wildman–Crippen LogP) is 3.36. The number of fused-ring (bicyclic) bond motifs is 1. The minimum atomic E-state index is -3.37. The molecule has 2 aromatic heterocycles. The summed E-state index contributed by atoms with van der Waals surface area (Å²) >= 11 is 6.45. The fourth-order valence-corrected chi connectivity index (χ4v) is 3.67. The summed E-state index contributed by atoms with van der Waals surface area (Å²) in [5.74, 6) is 0.563. The first kappa shape index (κ1) is 17.8. The van der Waals surface area contributed by atoms with Gasteiger partial charge in [-0.3, -0.25) is 9.82 Å². The third-order valence-electron chi connectivity index (χ3n) is 3.69. The van der Waals surface area contributed by atoms with Crippen LogP contribution in [0, 0.1) is 6.92 Å². The fraction of sp³-hybridized carbons (Fsp3) is 0.375. The Morgan fingerprint density at radius 1 is 1.20 bits per heavy atom. The van der Waals surface area contributed by atoms with E-state index in [-0.39, 0.29) is 5.41 Å². The highest BCUT2D eigenvalue weighted by Crippen LogP contribution is 2.33. The molecule has 0 aliphatic rings. The van der Waals surface area contributed by atoms with Gasteiger partial charge in [0.25, 0.3) is 0 Å². The number of nitrogens with one attached hydrogen (secondary N) is 2. The van der Waals surface area contributed by atoms with Crippen LogP contribution in [-0.2, 0) is 15.4 Å². The second-order valence-corrected chi connectivity index (χ2v) is 9.32. The lowest BCUT2D eigenvalue weighted by Gasteiger charge is -2.16. The Hall–Kier alpha value is -2.06. The van der Waals surface area contributed by atoms with Crippen molar-refractivity contribution in [3.05, 3.63) is 34.5 Å². The highest BCUT2D eigenvalue weighted by atomic mass is 35.5. The normalized spacial score (nSPS) is 12.7. The van der Waals surface area contributed by atoms with Crippen LogP contribution in [-0.4, -0.2) is 34.5 Å². The first-order chi connectivity index (χ1) is 11.5. The van der Waals surface area contributed by atoms with Crippen molar-refractivity contribution in [2.75, 3.05) is 11.0 Å². The second-order valence-electron chi connectivity index (χ2n) is 7.20. The molecule has 0 amide bonds. The monoisotopic (exact) mass is 381 g/mol. The number of aryl methyl sites for hydroxylation is 1. The quantitative estimate of drug-likeness (QED) is 0.727. The number of aromatic nitrogens is 4. The zero-order valence-corrected chi connectivity index (χ0v) is 16.2. The molecule has 3 rings (SSSR count). The Bertz CT molecular complexity index is 1060. The van der Waals surface area contributed by atoms with Gasteiger partial charge in [0, 0.05) is 16.7 Å². The van der Waals surface area contributed by atoms with Crippen LogP contribution in [0.1, 0.15) is 32.0 Å². The Kier molecular flexibility index (Phi) is 4.08. The van der Waals surface area contributed by atoms with E-state index in [1.165, 1.54) is 0 Å². The van der Waals surface area contributed by atoms with Crippen molar-refractivity contribution >= 4 is 33.0 Å². The van der Waals surface area contributed by atoms with Crippen LogP contribution in [0.2, 0.25) is 5.02 Å². The van der Waals surface area contributed by atoms with Gasteiger partial charge in [-0.25, -0.2) is 12.9 Å². The van der Waals surface area contributed by atoms with Crippen LogP contribution in [0.15, 0.2) is 18.2 Å². The van der Waals surface area contributed by atoms with E-state index in [0.29, 0.717) is 22.2 Å². The number of aromatic amines is 1. The van der Waals surface area contributed by atoms with E-state index in [1.807, 2.05) is 13.0 Å². The SMILES string of the molecule is Cc1cc(NS(C)(=O)=O)cc(-c2nnc3c(Cl)c(C(C)(C)C)[nH]n23)c1. The van der Waals surface area contributed by atoms with Gasteiger partial charge < -0.3 is 0 Å². The molecule has 134 valence electrons. The number of nitrogens with zero attached hydrogens (tertiary/aromatic N) is 3. The molecule has 0 radical (unpaired) electrons. The number of sulfonamides is 1. The van der Waals surface area contributed by atoms with Crippen molar-refractivity contribution in [1.82, 2.24) is 19.8 Å². The maximum absolute atomic E-state index is 11.5. The van der Waals surface area contributed by atoms with Gasteiger partial charge in [0.05, 0.1) is 11.9 Å². The lowest BCUT2D eigenvalue weighted by molar-refractivity contribution is 0.563. The van der Waals surface area contributed by atoms with Crippen LogP contribution in [0.4, 0.5) is 5.69 Å². The Balaban J connectivity index is 2.17. The van der Waals surface area contributed by atoms with Crippen molar-refractivity contribution in [3.8, 4) is 11.4 Å². The number of hydrogen-bond donors (Lipinski definition) is 2. The maximum atomic E-state index is 11.5. The number of benzene rings is 1. The highest BCUT2D eigenvalue weighted by Gasteiger charge is 2.25. The Labute approximate surface area is 151 Å². The zero-order valence-electron chi connectivity index (χ0n) is 14.7. The van der Waals surface area contributed by atoms with Crippen molar-refractivity contribution < 1.29 is 8.42 Å². The summed E-state index contributed by atoms with van der Waals surface area (Å²) < 4.78 is 27.2. The van der Waals surface area contributed by atoms with Gasteiger partial charge in [-0.1, -0.05) is 32.4 Å². The largest absolute Gasteiger partial charge is 0.293 e. The summed E-state index contributed by atoms with van der Waals surface area (Å²) in [4.78, 5) is 0. The van der Waals surface area contributed by atoms with Gasteiger partial charge in [-0.15, -0.1) is 10.2 Å². The van der Waals surface area contributed by atoms with E-state index in [0.717, 1.165) is 23.1 Å². The molecule has 0 atom stereocenters. The highest BCUT2D eigenvalue weighted by molar-refractivity contribution is 7.92. The van der Waals surface area contributed by atoms with Crippen molar-refractivity contribution in [2.24, 2.45) is 0 Å².